The molecule has 0 saturated heterocycles. The molecule has 0 amide bonds. The Morgan fingerprint density at radius 2 is 1.45 bits per heavy atom. The molecule has 0 aliphatic carbocycles. The summed E-state index contributed by atoms with van der Waals surface area (Å²) in [6.45, 7) is 0. The van der Waals surface area contributed by atoms with E-state index in [1.54, 1.807) is 0 Å². The summed E-state index contributed by atoms with van der Waals surface area (Å²) < 4.78 is 5.65. The molecule has 0 aromatic heterocycles. The zero-order valence-electron chi connectivity index (χ0n) is 14.1. The van der Waals surface area contributed by atoms with Crippen LogP contribution in [0.1, 0.15) is 28.4 Å². The second-order valence-electron chi connectivity index (χ2n) is 5.54. The van der Waals surface area contributed by atoms with Crippen LogP contribution < -0.4 is 19.2 Å². The number of carbonyl (C=O) groups is 1. The molecule has 0 N–H and O–H groups in total. The summed E-state index contributed by atoms with van der Waals surface area (Å²) in [7, 11) is 0. The van der Waals surface area contributed by atoms with Crippen LogP contribution in [-0.2, 0) is 0 Å². The number of hydrogen-bond acceptors (Lipinski definition) is 11. The van der Waals surface area contributed by atoms with Gasteiger partial charge in [-0.3, -0.25) is 19.3 Å². The Balaban J connectivity index is 1.94. The Kier molecular flexibility index (Phi) is 5.07. The molecular weight excluding hydrogens is 398 g/mol. The molecule has 0 saturated carbocycles. The van der Waals surface area contributed by atoms with E-state index in [0.29, 0.717) is 5.56 Å². The monoisotopic (exact) mass is 407 g/mol. The van der Waals surface area contributed by atoms with Crippen LogP contribution in [0.25, 0.3) is 0 Å². The van der Waals surface area contributed by atoms with Crippen molar-refractivity contribution in [2.45, 2.75) is 12.5 Å². The molecule has 150 valence electrons. The van der Waals surface area contributed by atoms with E-state index in [-0.39, 0.29) is 23.5 Å². The number of rotatable bonds is 7. The molecule has 3 rings (SSSR count). The van der Waals surface area contributed by atoms with Gasteiger partial charge in [-0.1, -0.05) is 12.1 Å². The maximum Gasteiger partial charge on any atom is 0.299 e. The molecule has 0 spiro atoms. The molecule has 1 aliphatic rings. The lowest BCUT2D eigenvalue weighted by Gasteiger charge is -2.27. The lowest BCUT2D eigenvalue weighted by Crippen LogP contribution is -2.22. The van der Waals surface area contributed by atoms with Crippen molar-refractivity contribution < 1.29 is 39.3 Å². The van der Waals surface area contributed by atoms with Gasteiger partial charge in [0, 0.05) is 6.07 Å². The van der Waals surface area contributed by atoms with E-state index in [0.717, 1.165) is 12.1 Å². The first kappa shape index (κ1) is 19.3. The highest BCUT2D eigenvalue weighted by Gasteiger charge is 2.32. The highest BCUT2D eigenvalue weighted by atomic mass is 17.0. The van der Waals surface area contributed by atoms with Crippen molar-refractivity contribution in [3.63, 3.8) is 0 Å². The topological polar surface area (TPSA) is 183 Å². The standard InChI is InChI=1S/C15H9N3O11/c19-11-7-12(8-1-3-9(4-2-8)27-16(20)21)26-13-5-10(28-17(22)23)6-14(15(11)13)29-18(24)25/h1-6,12H,7H2/t12-/m0/s1. The summed E-state index contributed by atoms with van der Waals surface area (Å²) >= 11 is 0. The van der Waals surface area contributed by atoms with Gasteiger partial charge in [0.25, 0.3) is 15.3 Å². The molecule has 0 radical (unpaired) electrons. The van der Waals surface area contributed by atoms with Gasteiger partial charge in [0.2, 0.25) is 0 Å². The Hall–Kier alpha value is -4.49. The first-order valence-electron chi connectivity index (χ1n) is 7.68. The van der Waals surface area contributed by atoms with E-state index in [4.69, 9.17) is 4.74 Å². The van der Waals surface area contributed by atoms with Crippen molar-refractivity contribution in [3.8, 4) is 23.0 Å². The average Bonchev–Trinajstić information content (AvgIpc) is 2.60. The Morgan fingerprint density at radius 1 is 0.862 bits per heavy atom. The summed E-state index contributed by atoms with van der Waals surface area (Å²) in [4.78, 5) is 57.1. The molecule has 1 heterocycles. The van der Waals surface area contributed by atoms with E-state index in [2.05, 4.69) is 14.5 Å². The predicted molar refractivity (Wildman–Crippen MR) is 88.1 cm³/mol. The maximum atomic E-state index is 12.5. The van der Waals surface area contributed by atoms with Gasteiger partial charge in [-0.25, -0.2) is 0 Å². The summed E-state index contributed by atoms with van der Waals surface area (Å²) in [5, 5.41) is 28.3. The van der Waals surface area contributed by atoms with E-state index in [1.165, 1.54) is 24.3 Å². The number of fused-ring (bicyclic) bond motifs is 1. The lowest BCUT2D eigenvalue weighted by molar-refractivity contribution is -0.713. The molecule has 1 aliphatic heterocycles. The van der Waals surface area contributed by atoms with Crippen LogP contribution in [-0.4, -0.2) is 21.0 Å². The first-order valence-corrected chi connectivity index (χ1v) is 7.68. The van der Waals surface area contributed by atoms with Crippen LogP contribution in [0.2, 0.25) is 0 Å². The smallest absolute Gasteiger partial charge is 0.299 e. The molecule has 14 heteroatoms. The zero-order valence-corrected chi connectivity index (χ0v) is 14.1. The summed E-state index contributed by atoms with van der Waals surface area (Å²) in [5.41, 5.74) is 0.180. The third kappa shape index (κ3) is 4.44. The Bertz CT molecular complexity index is 1010. The molecular formula is C15H9N3O11. The van der Waals surface area contributed by atoms with Crippen LogP contribution in [0.4, 0.5) is 0 Å². The number of benzene rings is 2. The predicted octanol–water partition coefficient (Wildman–Crippen LogP) is 2.10. The van der Waals surface area contributed by atoms with Crippen molar-refractivity contribution in [1.82, 2.24) is 0 Å². The van der Waals surface area contributed by atoms with Crippen LogP contribution in [0.15, 0.2) is 36.4 Å². The maximum absolute atomic E-state index is 12.5. The minimum Gasteiger partial charge on any atom is -0.484 e. The third-order valence-electron chi connectivity index (χ3n) is 3.74. The molecule has 2 aromatic rings. The fourth-order valence-corrected chi connectivity index (χ4v) is 2.71. The largest absolute Gasteiger partial charge is 0.484 e. The number of nitrogens with zero attached hydrogens (tertiary/aromatic N) is 3. The average molecular weight is 407 g/mol. The zero-order chi connectivity index (χ0) is 21.1. The highest BCUT2D eigenvalue weighted by Crippen LogP contribution is 2.42. The van der Waals surface area contributed by atoms with E-state index in [9.17, 15) is 35.1 Å². The van der Waals surface area contributed by atoms with Crippen molar-refractivity contribution in [3.05, 3.63) is 77.9 Å². The minimum absolute atomic E-state index is 0.0513. The highest BCUT2D eigenvalue weighted by molar-refractivity contribution is 6.02. The van der Waals surface area contributed by atoms with Crippen molar-refractivity contribution in [2.24, 2.45) is 0 Å². The molecule has 2 aromatic carbocycles. The quantitative estimate of drug-likeness (QED) is 0.483. The fraction of sp³-hybridized carbons (Fsp3) is 0.133. The normalized spacial score (nSPS) is 14.9. The number of ketones is 1. The van der Waals surface area contributed by atoms with Gasteiger partial charge < -0.3 is 4.74 Å². The molecule has 29 heavy (non-hydrogen) atoms. The van der Waals surface area contributed by atoms with Gasteiger partial charge in [0.15, 0.2) is 5.78 Å². The third-order valence-corrected chi connectivity index (χ3v) is 3.74. The number of ether oxygens (including phenoxy) is 1. The minimum atomic E-state index is -1.18. The molecule has 14 nitrogen and oxygen atoms in total. The van der Waals surface area contributed by atoms with E-state index < -0.39 is 38.6 Å². The summed E-state index contributed by atoms with van der Waals surface area (Å²) in [6.07, 6.45) is -1.10. The molecule has 0 unspecified atom stereocenters. The van der Waals surface area contributed by atoms with Crippen molar-refractivity contribution in [1.29, 1.82) is 0 Å². The van der Waals surface area contributed by atoms with Gasteiger partial charge in [0.05, 0.1) is 12.0 Å². The molecule has 0 bridgehead atoms. The number of Topliss-reactive ketones (excluding diaryl/α,β-unsaturated/α-hetero) is 1. The number of carbonyl (C=O) groups excluding carboxylic acids is 1. The van der Waals surface area contributed by atoms with Gasteiger partial charge >= 0.3 is 0 Å². The van der Waals surface area contributed by atoms with Gasteiger partial charge in [-0.2, -0.15) is 0 Å². The van der Waals surface area contributed by atoms with Crippen LogP contribution >= 0.6 is 0 Å². The number of hydrogen-bond donors (Lipinski definition) is 0. The van der Waals surface area contributed by atoms with Crippen molar-refractivity contribution >= 4 is 5.78 Å². The van der Waals surface area contributed by atoms with Crippen LogP contribution in [0.3, 0.4) is 0 Å². The Morgan fingerprint density at radius 3 is 2.03 bits per heavy atom. The second kappa shape index (κ2) is 7.63. The summed E-state index contributed by atoms with van der Waals surface area (Å²) in [6, 6.07) is 7.28. The van der Waals surface area contributed by atoms with E-state index >= 15 is 0 Å². The van der Waals surface area contributed by atoms with Crippen LogP contribution in [0.5, 0.6) is 23.0 Å². The van der Waals surface area contributed by atoms with Gasteiger partial charge in [-0.05, 0) is 23.8 Å². The van der Waals surface area contributed by atoms with E-state index in [1.807, 2.05) is 0 Å². The first-order chi connectivity index (χ1) is 13.7. The SMILES string of the molecule is O=C1C[C@@H](c2ccc(O[N+](=O)[O-])cc2)Oc2cc(O[N+](=O)[O-])cc(O[N+](=O)[O-])c21. The van der Waals surface area contributed by atoms with Gasteiger partial charge in [-0.15, -0.1) is 30.3 Å². The lowest BCUT2D eigenvalue weighted by atomic mass is 9.95. The second-order valence-corrected chi connectivity index (χ2v) is 5.54. The van der Waals surface area contributed by atoms with Crippen LogP contribution in [0, 0.1) is 30.3 Å². The fourth-order valence-electron chi connectivity index (χ4n) is 2.71. The molecule has 0 fully saturated rings. The van der Waals surface area contributed by atoms with Gasteiger partial charge in [0.1, 0.15) is 29.1 Å². The van der Waals surface area contributed by atoms with Crippen molar-refractivity contribution in [2.75, 3.05) is 0 Å². The molecule has 1 atom stereocenters. The summed E-state index contributed by atoms with van der Waals surface area (Å²) in [5.74, 6) is -1.86. The Labute approximate surface area is 159 Å².